The van der Waals surface area contributed by atoms with Crippen LogP contribution in [0.5, 0.6) is 0 Å². The van der Waals surface area contributed by atoms with E-state index in [1.165, 1.54) is 5.57 Å². The molecule has 2 atom stereocenters. The molecule has 5 nitrogen and oxygen atoms in total. The van der Waals surface area contributed by atoms with Gasteiger partial charge in [0.15, 0.2) is 5.78 Å². The van der Waals surface area contributed by atoms with E-state index in [1.54, 1.807) is 48.5 Å². The Hall–Kier alpha value is -2.67. The Balaban J connectivity index is 1.81. The molecule has 3 N–H and O–H groups in total. The van der Waals surface area contributed by atoms with Crippen molar-refractivity contribution >= 4 is 30.4 Å². The number of hydrogen-bond acceptors (Lipinski definition) is 4. The molecule has 0 aromatic heterocycles. The zero-order chi connectivity index (χ0) is 23.8. The van der Waals surface area contributed by atoms with E-state index >= 15 is 0 Å². The van der Waals surface area contributed by atoms with Gasteiger partial charge in [0.25, 0.3) is 0 Å². The molecule has 0 aliphatic heterocycles. The van der Waals surface area contributed by atoms with Gasteiger partial charge in [0.2, 0.25) is 5.91 Å². The molecule has 0 fully saturated rings. The van der Waals surface area contributed by atoms with Gasteiger partial charge in [-0.3, -0.25) is 9.59 Å². The number of carbonyl (C=O) groups excluding carboxylic acids is 2. The quantitative estimate of drug-likeness (QED) is 0.352. The van der Waals surface area contributed by atoms with Crippen LogP contribution in [0.1, 0.15) is 60.9 Å². The molecule has 1 aliphatic rings. The number of Topliss-reactive ketones (excluding diaryl/α,β-unsaturated/α-hetero) is 1. The van der Waals surface area contributed by atoms with Gasteiger partial charge >= 0.3 is 7.12 Å². The van der Waals surface area contributed by atoms with E-state index in [2.05, 4.69) is 24.4 Å². The summed E-state index contributed by atoms with van der Waals surface area (Å²) < 4.78 is 0. The summed E-state index contributed by atoms with van der Waals surface area (Å²) in [5.41, 5.74) is 3.38. The second-order valence-electron chi connectivity index (χ2n) is 8.31. The van der Waals surface area contributed by atoms with Crippen LogP contribution in [0.3, 0.4) is 0 Å². The van der Waals surface area contributed by atoms with Crippen molar-refractivity contribution in [2.24, 2.45) is 0 Å². The summed E-state index contributed by atoms with van der Waals surface area (Å²) >= 11 is 6.15. The number of ketones is 1. The summed E-state index contributed by atoms with van der Waals surface area (Å²) in [4.78, 5) is 26.2. The maximum absolute atomic E-state index is 13.3. The third kappa shape index (κ3) is 7.16. The van der Waals surface area contributed by atoms with Gasteiger partial charge in [-0.15, -0.1) is 0 Å². The number of rotatable bonds is 10. The molecule has 0 heterocycles. The van der Waals surface area contributed by atoms with Crippen molar-refractivity contribution < 1.29 is 19.6 Å². The molecule has 0 radical (unpaired) electrons. The summed E-state index contributed by atoms with van der Waals surface area (Å²) in [6, 6.07) is 15.6. The molecular weight excluding hydrogens is 437 g/mol. The number of benzene rings is 2. The van der Waals surface area contributed by atoms with Crippen LogP contribution < -0.4 is 5.32 Å². The Morgan fingerprint density at radius 2 is 1.88 bits per heavy atom. The van der Waals surface area contributed by atoms with Crippen LogP contribution in [0.4, 0.5) is 0 Å². The molecule has 172 valence electrons. The maximum Gasteiger partial charge on any atom is 0.475 e. The van der Waals surface area contributed by atoms with Gasteiger partial charge in [0, 0.05) is 17.0 Å². The molecule has 1 aliphatic carbocycles. The van der Waals surface area contributed by atoms with Gasteiger partial charge in [-0.05, 0) is 43.4 Å². The summed E-state index contributed by atoms with van der Waals surface area (Å²) in [5.74, 6) is -2.34. The Morgan fingerprint density at radius 1 is 1.12 bits per heavy atom. The van der Waals surface area contributed by atoms with Crippen LogP contribution in [0, 0.1) is 0 Å². The minimum Gasteiger partial charge on any atom is -0.426 e. The first kappa shape index (κ1) is 25.0. The monoisotopic (exact) mass is 465 g/mol. The first-order chi connectivity index (χ1) is 15.9. The van der Waals surface area contributed by atoms with Crippen LogP contribution >= 0.6 is 11.6 Å². The fraction of sp³-hybridized carbons (Fsp3) is 0.308. The molecule has 0 spiro atoms. The van der Waals surface area contributed by atoms with Crippen molar-refractivity contribution in [2.45, 2.75) is 50.9 Å². The van der Waals surface area contributed by atoms with Gasteiger partial charge in [0.05, 0.1) is 11.9 Å². The first-order valence-electron chi connectivity index (χ1n) is 11.3. The summed E-state index contributed by atoms with van der Waals surface area (Å²) in [6.45, 7) is 2.09. The third-order valence-corrected chi connectivity index (χ3v) is 6.15. The fourth-order valence-corrected chi connectivity index (χ4v) is 4.24. The number of halogens is 1. The van der Waals surface area contributed by atoms with Crippen molar-refractivity contribution in [1.82, 2.24) is 5.32 Å². The number of amides is 1. The Kier molecular flexibility index (Phi) is 9.07. The Labute approximate surface area is 200 Å². The van der Waals surface area contributed by atoms with Gasteiger partial charge in [-0.1, -0.05) is 84.3 Å². The van der Waals surface area contributed by atoms with Crippen LogP contribution in [-0.4, -0.2) is 34.8 Å². The molecule has 2 aromatic carbocycles. The van der Waals surface area contributed by atoms with Crippen molar-refractivity contribution in [2.75, 3.05) is 0 Å². The van der Waals surface area contributed by atoms with Crippen molar-refractivity contribution in [1.29, 1.82) is 0 Å². The van der Waals surface area contributed by atoms with E-state index in [0.29, 0.717) is 22.6 Å². The summed E-state index contributed by atoms with van der Waals surface area (Å²) in [6.07, 6.45) is 7.20. The number of nitrogens with one attached hydrogen (secondary N) is 1. The van der Waals surface area contributed by atoms with E-state index in [-0.39, 0.29) is 12.2 Å². The highest BCUT2D eigenvalue weighted by Crippen LogP contribution is 2.27. The third-order valence-electron chi connectivity index (χ3n) is 5.91. The van der Waals surface area contributed by atoms with Crippen LogP contribution in [0.15, 0.2) is 77.9 Å². The average molecular weight is 466 g/mol. The lowest BCUT2D eigenvalue weighted by Gasteiger charge is -2.24. The molecule has 0 saturated carbocycles. The smallest absolute Gasteiger partial charge is 0.426 e. The predicted molar refractivity (Wildman–Crippen MR) is 132 cm³/mol. The minimum atomic E-state index is -1.74. The zero-order valence-corrected chi connectivity index (χ0v) is 19.5. The van der Waals surface area contributed by atoms with E-state index < -0.39 is 24.9 Å². The fourth-order valence-electron chi connectivity index (χ4n) is 4.04. The van der Waals surface area contributed by atoms with Crippen molar-refractivity contribution in [3.05, 3.63) is 94.0 Å². The lowest BCUT2D eigenvalue weighted by molar-refractivity contribution is -0.123. The SMILES string of the molecule is CCC1=CC(C[C@H](NC(=O)[C@H](CC(=O)c2ccccc2)c2cccc(Cl)c2)B(O)O)=CCC1. The number of carbonyl (C=O) groups is 2. The highest BCUT2D eigenvalue weighted by Gasteiger charge is 2.31. The topological polar surface area (TPSA) is 86.6 Å². The second-order valence-corrected chi connectivity index (χ2v) is 8.74. The first-order valence-corrected chi connectivity index (χ1v) is 11.6. The van der Waals surface area contributed by atoms with Crippen LogP contribution in [0.25, 0.3) is 0 Å². The second kappa shape index (κ2) is 12.0. The summed E-state index contributed by atoms with van der Waals surface area (Å²) in [5, 5.41) is 23.2. The zero-order valence-electron chi connectivity index (χ0n) is 18.7. The van der Waals surface area contributed by atoms with Gasteiger partial charge < -0.3 is 15.4 Å². The van der Waals surface area contributed by atoms with Crippen LogP contribution in [-0.2, 0) is 4.79 Å². The van der Waals surface area contributed by atoms with Gasteiger partial charge in [0.1, 0.15) is 0 Å². The highest BCUT2D eigenvalue weighted by atomic mass is 35.5. The number of hydrogen-bond donors (Lipinski definition) is 3. The van der Waals surface area contributed by atoms with Gasteiger partial charge in [-0.2, -0.15) is 0 Å². The van der Waals surface area contributed by atoms with E-state index in [9.17, 15) is 19.6 Å². The van der Waals surface area contributed by atoms with E-state index in [1.807, 2.05) is 6.07 Å². The molecule has 0 bridgehead atoms. The molecular formula is C26H29BClNO4. The minimum absolute atomic E-state index is 0.0625. The predicted octanol–water partition coefficient (Wildman–Crippen LogP) is 4.64. The van der Waals surface area contributed by atoms with Crippen molar-refractivity contribution in [3.8, 4) is 0 Å². The van der Waals surface area contributed by atoms with Crippen LogP contribution in [0.2, 0.25) is 5.02 Å². The molecule has 0 saturated heterocycles. The lowest BCUT2D eigenvalue weighted by atomic mass is 9.74. The Bertz CT molecular complexity index is 1040. The molecule has 2 aromatic rings. The summed E-state index contributed by atoms with van der Waals surface area (Å²) in [7, 11) is -1.74. The Morgan fingerprint density at radius 3 is 2.55 bits per heavy atom. The number of allylic oxidation sites excluding steroid dienone is 3. The largest absolute Gasteiger partial charge is 0.475 e. The normalized spacial score (nSPS) is 15.2. The molecule has 33 heavy (non-hydrogen) atoms. The molecule has 3 rings (SSSR count). The molecule has 7 heteroatoms. The molecule has 1 amide bonds. The van der Waals surface area contributed by atoms with Crippen molar-refractivity contribution in [3.63, 3.8) is 0 Å². The van der Waals surface area contributed by atoms with E-state index in [4.69, 9.17) is 11.6 Å². The van der Waals surface area contributed by atoms with Gasteiger partial charge in [-0.25, -0.2) is 0 Å². The average Bonchev–Trinajstić information content (AvgIpc) is 2.82. The maximum atomic E-state index is 13.3. The lowest BCUT2D eigenvalue weighted by Crippen LogP contribution is -2.48. The standard InChI is InChI=1S/C26H29BClNO4/c1-2-18-8-6-9-19(14-18)15-25(27(32)33)29-26(31)23(21-12-7-13-22(28)16-21)17-24(30)20-10-4-3-5-11-20/h3-5,7,9-14,16,23,25,32-33H,2,6,8,15,17H2,1H3,(H,29,31)/t23-,25+/m1/s1. The highest BCUT2D eigenvalue weighted by molar-refractivity contribution is 6.43. The van der Waals surface area contributed by atoms with E-state index in [0.717, 1.165) is 24.8 Å². The molecule has 0 unspecified atom stereocenters.